The molecule has 0 unspecified atom stereocenters. The van der Waals surface area contributed by atoms with Gasteiger partial charge in [0.05, 0.1) is 17.4 Å². The number of rotatable bonds is 6. The zero-order chi connectivity index (χ0) is 15.2. The minimum atomic E-state index is -0.526. The van der Waals surface area contributed by atoms with E-state index in [0.29, 0.717) is 17.1 Å². The highest BCUT2D eigenvalue weighted by atomic mass is 16.1. The van der Waals surface area contributed by atoms with Crippen molar-refractivity contribution in [3.8, 4) is 0 Å². The molecule has 5 nitrogen and oxygen atoms in total. The first-order valence-electron chi connectivity index (χ1n) is 7.01. The molecule has 2 rings (SSSR count). The Morgan fingerprint density at radius 3 is 2.62 bits per heavy atom. The Balaban J connectivity index is 2.48. The first kappa shape index (κ1) is 14.8. The number of nitrogen functional groups attached to an aromatic ring is 1. The van der Waals surface area contributed by atoms with Gasteiger partial charge in [0.2, 0.25) is 0 Å². The third kappa shape index (κ3) is 3.51. The van der Waals surface area contributed by atoms with Crippen molar-refractivity contribution >= 4 is 23.1 Å². The van der Waals surface area contributed by atoms with E-state index >= 15 is 0 Å². The Morgan fingerprint density at radius 1 is 1.29 bits per heavy atom. The molecule has 0 saturated heterocycles. The monoisotopic (exact) mass is 284 g/mol. The number of nitrogens with two attached hydrogens (primary N) is 2. The van der Waals surface area contributed by atoms with E-state index in [1.807, 2.05) is 35.2 Å². The minimum Gasteiger partial charge on any atom is -0.397 e. The predicted molar refractivity (Wildman–Crippen MR) is 85.5 cm³/mol. The number of hydrogen-bond donors (Lipinski definition) is 2. The summed E-state index contributed by atoms with van der Waals surface area (Å²) in [6.45, 7) is 2.88. The summed E-state index contributed by atoms with van der Waals surface area (Å²) in [5, 5.41) is 0. The van der Waals surface area contributed by atoms with Gasteiger partial charge in [0.15, 0.2) is 0 Å². The molecule has 0 spiro atoms. The van der Waals surface area contributed by atoms with Crippen LogP contribution in [0.3, 0.4) is 0 Å². The summed E-state index contributed by atoms with van der Waals surface area (Å²) in [5.74, 6) is 0.0265. The average molecular weight is 284 g/mol. The number of hydrogen-bond acceptors (Lipinski definition) is 4. The molecule has 1 aromatic carbocycles. The second-order valence-corrected chi connectivity index (χ2v) is 4.84. The fraction of sp³-hybridized carbons (Fsp3) is 0.250. The van der Waals surface area contributed by atoms with E-state index in [1.54, 1.807) is 12.3 Å². The summed E-state index contributed by atoms with van der Waals surface area (Å²) in [6.07, 6.45) is 3.58. The maximum atomic E-state index is 11.7. The SMILES string of the molecule is CCCCN(c1ccccc1)c1ncc(N)cc1C(N)=O. The quantitative estimate of drug-likeness (QED) is 0.854. The Morgan fingerprint density at radius 2 is 2.00 bits per heavy atom. The highest BCUT2D eigenvalue weighted by molar-refractivity contribution is 5.99. The molecule has 0 aliphatic rings. The number of amides is 1. The van der Waals surface area contributed by atoms with E-state index in [2.05, 4.69) is 11.9 Å². The van der Waals surface area contributed by atoms with Gasteiger partial charge in [0.25, 0.3) is 5.91 Å². The zero-order valence-corrected chi connectivity index (χ0v) is 12.1. The van der Waals surface area contributed by atoms with E-state index in [9.17, 15) is 4.79 Å². The summed E-state index contributed by atoms with van der Waals surface area (Å²) in [4.78, 5) is 18.0. The number of nitrogens with zero attached hydrogens (tertiary/aromatic N) is 2. The van der Waals surface area contributed by atoms with E-state index in [1.165, 1.54) is 0 Å². The predicted octanol–water partition coefficient (Wildman–Crippen LogP) is 2.70. The molecule has 110 valence electrons. The standard InChI is InChI=1S/C16H20N4O/c1-2-3-9-20(13-7-5-4-6-8-13)16-14(15(18)21)10-12(17)11-19-16/h4-8,10-11H,2-3,9,17H2,1H3,(H2,18,21). The molecule has 1 heterocycles. The molecule has 0 radical (unpaired) electrons. The van der Waals surface area contributed by atoms with Gasteiger partial charge in [-0.15, -0.1) is 0 Å². The van der Waals surface area contributed by atoms with Crippen LogP contribution >= 0.6 is 0 Å². The van der Waals surface area contributed by atoms with Crippen molar-refractivity contribution in [2.45, 2.75) is 19.8 Å². The lowest BCUT2D eigenvalue weighted by molar-refractivity contribution is 0.100. The van der Waals surface area contributed by atoms with E-state index in [4.69, 9.17) is 11.5 Å². The highest BCUT2D eigenvalue weighted by Crippen LogP contribution is 2.27. The number of carbonyl (C=O) groups excluding carboxylic acids is 1. The third-order valence-corrected chi connectivity index (χ3v) is 3.21. The number of pyridine rings is 1. The van der Waals surface area contributed by atoms with E-state index < -0.39 is 5.91 Å². The Kier molecular flexibility index (Phi) is 4.77. The van der Waals surface area contributed by atoms with Gasteiger partial charge in [-0.25, -0.2) is 4.98 Å². The van der Waals surface area contributed by atoms with E-state index in [0.717, 1.165) is 25.1 Å². The maximum absolute atomic E-state index is 11.7. The molecule has 0 atom stereocenters. The maximum Gasteiger partial charge on any atom is 0.252 e. The first-order chi connectivity index (χ1) is 10.1. The van der Waals surface area contributed by atoms with Crippen molar-refractivity contribution < 1.29 is 4.79 Å². The van der Waals surface area contributed by atoms with Crippen LogP contribution in [0, 0.1) is 0 Å². The molecule has 21 heavy (non-hydrogen) atoms. The lowest BCUT2D eigenvalue weighted by Crippen LogP contribution is -2.24. The van der Waals surface area contributed by atoms with Crippen LogP contribution in [-0.2, 0) is 0 Å². The summed E-state index contributed by atoms with van der Waals surface area (Å²) in [6, 6.07) is 11.4. The lowest BCUT2D eigenvalue weighted by atomic mass is 10.1. The number of primary amides is 1. The molecule has 0 aliphatic carbocycles. The number of benzene rings is 1. The number of unbranched alkanes of at least 4 members (excludes halogenated alkanes) is 1. The van der Waals surface area contributed by atoms with Crippen LogP contribution < -0.4 is 16.4 Å². The van der Waals surface area contributed by atoms with Crippen molar-refractivity contribution in [3.05, 3.63) is 48.2 Å². The Bertz CT molecular complexity index is 613. The highest BCUT2D eigenvalue weighted by Gasteiger charge is 2.18. The van der Waals surface area contributed by atoms with Crippen LogP contribution in [0.15, 0.2) is 42.6 Å². The summed E-state index contributed by atoms with van der Waals surface area (Å²) in [5.41, 5.74) is 12.9. The van der Waals surface area contributed by atoms with Crippen molar-refractivity contribution in [2.75, 3.05) is 17.2 Å². The molecular formula is C16H20N4O. The number of carbonyl (C=O) groups is 1. The molecule has 0 aliphatic heterocycles. The molecular weight excluding hydrogens is 264 g/mol. The first-order valence-corrected chi connectivity index (χ1v) is 7.01. The van der Waals surface area contributed by atoms with Gasteiger partial charge >= 0.3 is 0 Å². The normalized spacial score (nSPS) is 10.3. The number of anilines is 3. The van der Waals surface area contributed by atoms with Crippen molar-refractivity contribution in [2.24, 2.45) is 5.73 Å². The van der Waals surface area contributed by atoms with Gasteiger partial charge in [-0.3, -0.25) is 4.79 Å². The summed E-state index contributed by atoms with van der Waals surface area (Å²) in [7, 11) is 0. The van der Waals surface area contributed by atoms with Gasteiger partial charge < -0.3 is 16.4 Å². The Hall–Kier alpha value is -2.56. The molecule has 4 N–H and O–H groups in total. The van der Waals surface area contributed by atoms with Crippen molar-refractivity contribution in [1.82, 2.24) is 4.98 Å². The lowest BCUT2D eigenvalue weighted by Gasteiger charge is -2.25. The summed E-state index contributed by atoms with van der Waals surface area (Å²) >= 11 is 0. The molecule has 1 aromatic heterocycles. The van der Waals surface area contributed by atoms with Gasteiger partial charge in [0.1, 0.15) is 5.82 Å². The van der Waals surface area contributed by atoms with Crippen molar-refractivity contribution in [3.63, 3.8) is 0 Å². The summed E-state index contributed by atoms with van der Waals surface area (Å²) < 4.78 is 0. The van der Waals surface area contributed by atoms with Crippen LogP contribution in [0.4, 0.5) is 17.2 Å². The molecule has 0 fully saturated rings. The molecule has 5 heteroatoms. The zero-order valence-electron chi connectivity index (χ0n) is 12.1. The second-order valence-electron chi connectivity index (χ2n) is 4.84. The number of para-hydroxylation sites is 1. The van der Waals surface area contributed by atoms with Gasteiger partial charge in [-0.1, -0.05) is 31.5 Å². The van der Waals surface area contributed by atoms with Gasteiger partial charge in [0, 0.05) is 12.2 Å². The van der Waals surface area contributed by atoms with Crippen LogP contribution in [0.1, 0.15) is 30.1 Å². The second kappa shape index (κ2) is 6.74. The Labute approximate surface area is 124 Å². The van der Waals surface area contributed by atoms with Crippen LogP contribution in [0.5, 0.6) is 0 Å². The number of aromatic nitrogens is 1. The van der Waals surface area contributed by atoms with Gasteiger partial charge in [-0.05, 0) is 24.6 Å². The minimum absolute atomic E-state index is 0.343. The van der Waals surface area contributed by atoms with Crippen LogP contribution in [-0.4, -0.2) is 17.4 Å². The topological polar surface area (TPSA) is 85.2 Å². The van der Waals surface area contributed by atoms with Crippen LogP contribution in [0.2, 0.25) is 0 Å². The van der Waals surface area contributed by atoms with E-state index in [-0.39, 0.29) is 0 Å². The fourth-order valence-corrected chi connectivity index (χ4v) is 2.15. The fourth-order valence-electron chi connectivity index (χ4n) is 2.15. The molecule has 0 saturated carbocycles. The smallest absolute Gasteiger partial charge is 0.252 e. The van der Waals surface area contributed by atoms with Gasteiger partial charge in [-0.2, -0.15) is 0 Å². The molecule has 2 aromatic rings. The third-order valence-electron chi connectivity index (χ3n) is 3.21. The largest absolute Gasteiger partial charge is 0.397 e. The average Bonchev–Trinajstić information content (AvgIpc) is 2.49. The molecule has 0 bridgehead atoms. The molecule has 1 amide bonds. The van der Waals surface area contributed by atoms with Crippen LogP contribution in [0.25, 0.3) is 0 Å². The van der Waals surface area contributed by atoms with Crippen molar-refractivity contribution in [1.29, 1.82) is 0 Å².